The normalized spacial score (nSPS) is 15.8. The lowest BCUT2D eigenvalue weighted by Crippen LogP contribution is -2.37. The summed E-state index contributed by atoms with van der Waals surface area (Å²) in [5, 5.41) is 1.89. The Bertz CT molecular complexity index is 1300. The van der Waals surface area contributed by atoms with Crippen LogP contribution in [0, 0.1) is 20.4 Å². The highest BCUT2D eigenvalue weighted by atomic mass is 35.5. The quantitative estimate of drug-likeness (QED) is 0.450. The summed E-state index contributed by atoms with van der Waals surface area (Å²) < 4.78 is 0. The van der Waals surface area contributed by atoms with E-state index < -0.39 is 0 Å². The Labute approximate surface area is 179 Å². The number of rotatable bonds is 2. The number of hydrogen-bond donors (Lipinski definition) is 1. The highest BCUT2D eigenvalue weighted by Gasteiger charge is 2.34. The molecule has 1 N–H and O–H groups in total. The van der Waals surface area contributed by atoms with Gasteiger partial charge in [-0.25, -0.2) is 0 Å². The average molecular weight is 415 g/mol. The van der Waals surface area contributed by atoms with Crippen molar-refractivity contribution < 1.29 is 0 Å². The second-order valence-corrected chi connectivity index (χ2v) is 7.99. The van der Waals surface area contributed by atoms with E-state index in [0.717, 1.165) is 40.1 Å². The van der Waals surface area contributed by atoms with Crippen LogP contribution < -0.4 is 4.90 Å². The molecular weight excluding hydrogens is 396 g/mol. The van der Waals surface area contributed by atoms with E-state index in [1.165, 1.54) is 11.1 Å². The molecule has 0 amide bonds. The molecule has 0 unspecified atom stereocenters. The van der Waals surface area contributed by atoms with E-state index in [2.05, 4.69) is 60.9 Å². The van der Waals surface area contributed by atoms with Gasteiger partial charge in [-0.05, 0) is 42.7 Å². The van der Waals surface area contributed by atoms with Crippen LogP contribution in [0.5, 0.6) is 0 Å². The van der Waals surface area contributed by atoms with E-state index in [-0.39, 0.29) is 12.0 Å². The first-order valence-electron chi connectivity index (χ1n) is 9.77. The van der Waals surface area contributed by atoms with Gasteiger partial charge in [0, 0.05) is 35.1 Å². The van der Waals surface area contributed by atoms with Gasteiger partial charge in [-0.3, -0.25) is 0 Å². The van der Waals surface area contributed by atoms with E-state index in [0.29, 0.717) is 11.8 Å². The molecule has 0 saturated carbocycles. The largest absolute Gasteiger partial charge is 0.394 e. The molecule has 0 radical (unpaired) electrons. The van der Waals surface area contributed by atoms with E-state index >= 15 is 0 Å². The molecular formula is C23H19ClN6. The SMILES string of the molecule is [C-]#[N+]c1nc(C)nc(N2CCc3c([nH]c4ccc(Cl)cc34)[C@@H]2c2ccc(C)cc2)n1. The Morgan fingerprint density at radius 3 is 2.67 bits per heavy atom. The molecule has 1 aliphatic rings. The molecule has 1 atom stereocenters. The van der Waals surface area contributed by atoms with Crippen molar-refractivity contribution in [2.45, 2.75) is 26.3 Å². The van der Waals surface area contributed by atoms with Gasteiger partial charge in [0.25, 0.3) is 5.95 Å². The van der Waals surface area contributed by atoms with Crippen molar-refractivity contribution in [1.82, 2.24) is 19.9 Å². The first-order valence-corrected chi connectivity index (χ1v) is 10.1. The van der Waals surface area contributed by atoms with Crippen LogP contribution in [0.4, 0.5) is 11.9 Å². The number of benzene rings is 2. The zero-order chi connectivity index (χ0) is 20.8. The van der Waals surface area contributed by atoms with Crippen molar-refractivity contribution in [1.29, 1.82) is 0 Å². The summed E-state index contributed by atoms with van der Waals surface area (Å²) in [5.74, 6) is 1.19. The van der Waals surface area contributed by atoms with E-state index in [1.807, 2.05) is 18.2 Å². The van der Waals surface area contributed by atoms with Crippen LogP contribution in [0.3, 0.4) is 0 Å². The van der Waals surface area contributed by atoms with Crippen LogP contribution in [0.25, 0.3) is 15.7 Å². The Balaban J connectivity index is 1.72. The number of nitrogens with one attached hydrogen (secondary N) is 1. The van der Waals surface area contributed by atoms with E-state index in [1.54, 1.807) is 6.92 Å². The maximum Gasteiger partial charge on any atom is 0.376 e. The number of halogens is 1. The fourth-order valence-electron chi connectivity index (χ4n) is 4.20. The minimum atomic E-state index is -0.0964. The summed E-state index contributed by atoms with van der Waals surface area (Å²) in [6, 6.07) is 14.4. The maximum absolute atomic E-state index is 7.33. The Kier molecular flexibility index (Phi) is 4.41. The van der Waals surface area contributed by atoms with E-state index in [9.17, 15) is 0 Å². The van der Waals surface area contributed by atoms with Gasteiger partial charge in [0.15, 0.2) is 5.82 Å². The molecule has 7 heteroatoms. The van der Waals surface area contributed by atoms with Gasteiger partial charge in [-0.15, -0.1) is 16.5 Å². The molecule has 3 heterocycles. The smallest absolute Gasteiger partial charge is 0.376 e. The minimum absolute atomic E-state index is 0.0964. The molecule has 0 saturated heterocycles. The first-order chi connectivity index (χ1) is 14.5. The minimum Gasteiger partial charge on any atom is -0.394 e. The fraction of sp³-hybridized carbons (Fsp3) is 0.217. The lowest BCUT2D eigenvalue weighted by atomic mass is 9.92. The van der Waals surface area contributed by atoms with Crippen molar-refractivity contribution in [3.63, 3.8) is 0 Å². The van der Waals surface area contributed by atoms with Crippen LogP contribution in [0.2, 0.25) is 5.02 Å². The van der Waals surface area contributed by atoms with Gasteiger partial charge in [0.1, 0.15) is 0 Å². The number of hydrogen-bond acceptors (Lipinski definition) is 4. The lowest BCUT2D eigenvalue weighted by molar-refractivity contribution is 0.623. The van der Waals surface area contributed by atoms with Crippen molar-refractivity contribution >= 4 is 34.4 Å². The van der Waals surface area contributed by atoms with Crippen molar-refractivity contribution in [3.05, 3.63) is 87.1 Å². The molecule has 4 aromatic rings. The summed E-state index contributed by atoms with van der Waals surface area (Å²) in [7, 11) is 0. The molecule has 2 aromatic carbocycles. The molecule has 0 bridgehead atoms. The molecule has 0 fully saturated rings. The third-order valence-corrected chi connectivity index (χ3v) is 5.80. The maximum atomic E-state index is 7.33. The van der Waals surface area contributed by atoms with Crippen molar-refractivity contribution in [2.24, 2.45) is 0 Å². The summed E-state index contributed by atoms with van der Waals surface area (Å²) >= 11 is 6.28. The zero-order valence-corrected chi connectivity index (χ0v) is 17.4. The number of aryl methyl sites for hydroxylation is 2. The summed E-state index contributed by atoms with van der Waals surface area (Å²) in [4.78, 5) is 22.3. The predicted octanol–water partition coefficient (Wildman–Crippen LogP) is 5.33. The van der Waals surface area contributed by atoms with Gasteiger partial charge in [-0.2, -0.15) is 4.98 Å². The van der Waals surface area contributed by atoms with Gasteiger partial charge in [-0.1, -0.05) is 41.4 Å². The van der Waals surface area contributed by atoms with Gasteiger partial charge in [0.2, 0.25) is 0 Å². The van der Waals surface area contributed by atoms with Crippen molar-refractivity contribution in [3.8, 4) is 0 Å². The number of nitrogens with zero attached hydrogens (tertiary/aromatic N) is 5. The zero-order valence-electron chi connectivity index (χ0n) is 16.6. The highest BCUT2D eigenvalue weighted by molar-refractivity contribution is 6.31. The molecule has 30 heavy (non-hydrogen) atoms. The topological polar surface area (TPSA) is 62.1 Å². The second-order valence-electron chi connectivity index (χ2n) is 7.56. The van der Waals surface area contributed by atoms with Crippen LogP contribution >= 0.6 is 11.6 Å². The van der Waals surface area contributed by atoms with Crippen LogP contribution in [-0.4, -0.2) is 26.5 Å². The second kappa shape index (κ2) is 7.12. The number of aromatic amines is 1. The monoisotopic (exact) mass is 414 g/mol. The fourth-order valence-corrected chi connectivity index (χ4v) is 4.38. The van der Waals surface area contributed by atoms with Crippen LogP contribution in [-0.2, 0) is 6.42 Å². The van der Waals surface area contributed by atoms with E-state index in [4.69, 9.17) is 18.2 Å². The third-order valence-electron chi connectivity index (χ3n) is 5.56. The lowest BCUT2D eigenvalue weighted by Gasteiger charge is -2.35. The Morgan fingerprint density at radius 2 is 1.90 bits per heavy atom. The number of H-pyrrole nitrogens is 1. The molecule has 0 spiro atoms. The average Bonchev–Trinajstić information content (AvgIpc) is 3.11. The molecule has 6 nitrogen and oxygen atoms in total. The first kappa shape index (κ1) is 18.6. The predicted molar refractivity (Wildman–Crippen MR) is 118 cm³/mol. The molecule has 1 aliphatic heterocycles. The summed E-state index contributed by atoms with van der Waals surface area (Å²) in [6.07, 6.45) is 0.829. The van der Waals surface area contributed by atoms with Gasteiger partial charge < -0.3 is 14.7 Å². The molecule has 148 valence electrons. The standard InChI is InChI=1S/C23H19ClN6/c1-13-4-6-15(7-5-13)21-20-17(18-12-16(24)8-9-19(18)28-20)10-11-30(21)23-27-14(2)26-22(25-3)29-23/h4-9,12,21,28H,10-11H2,1-2H3/t21-/m0/s1. The summed E-state index contributed by atoms with van der Waals surface area (Å²) in [5.41, 5.74) is 5.80. The van der Waals surface area contributed by atoms with Gasteiger partial charge >= 0.3 is 5.95 Å². The number of aromatic nitrogens is 4. The Hall–Kier alpha value is -3.43. The van der Waals surface area contributed by atoms with Gasteiger partial charge in [0.05, 0.1) is 6.04 Å². The molecule has 5 rings (SSSR count). The van der Waals surface area contributed by atoms with Crippen molar-refractivity contribution in [2.75, 3.05) is 11.4 Å². The summed E-state index contributed by atoms with van der Waals surface area (Å²) in [6.45, 7) is 11.9. The Morgan fingerprint density at radius 1 is 1.10 bits per heavy atom. The third kappa shape index (κ3) is 3.08. The number of anilines is 1. The molecule has 2 aromatic heterocycles. The van der Waals surface area contributed by atoms with Crippen LogP contribution in [0.15, 0.2) is 42.5 Å². The highest BCUT2D eigenvalue weighted by Crippen LogP contribution is 2.40. The van der Waals surface area contributed by atoms with Crippen LogP contribution in [0.1, 0.15) is 34.3 Å². The molecule has 0 aliphatic carbocycles. The number of fused-ring (bicyclic) bond motifs is 3.